The van der Waals surface area contributed by atoms with E-state index in [1.165, 1.54) is 37.7 Å². The lowest BCUT2D eigenvalue weighted by molar-refractivity contribution is 0.304. The molecule has 0 heterocycles. The molecule has 0 saturated heterocycles. The van der Waals surface area contributed by atoms with Gasteiger partial charge in [-0.2, -0.15) is 0 Å². The smallest absolute Gasteiger partial charge is 0.119 e. The minimum absolute atomic E-state index is 0.268. The van der Waals surface area contributed by atoms with Gasteiger partial charge in [0.1, 0.15) is 5.75 Å². The second-order valence-corrected chi connectivity index (χ2v) is 5.63. The number of hydrogen-bond acceptors (Lipinski definition) is 2. The van der Waals surface area contributed by atoms with Gasteiger partial charge in [-0.3, -0.25) is 0 Å². The van der Waals surface area contributed by atoms with Crippen LogP contribution in [0.25, 0.3) is 0 Å². The van der Waals surface area contributed by atoms with Crippen LogP contribution in [0.15, 0.2) is 24.3 Å². The van der Waals surface area contributed by atoms with E-state index in [2.05, 4.69) is 38.1 Å². The lowest BCUT2D eigenvalue weighted by atomic mass is 10.0. The minimum Gasteiger partial charge on any atom is -0.494 e. The fourth-order valence-corrected chi connectivity index (χ4v) is 2.24. The molecule has 0 aromatic heterocycles. The highest BCUT2D eigenvalue weighted by Gasteiger charge is 2.01. The van der Waals surface area contributed by atoms with E-state index in [4.69, 9.17) is 10.5 Å². The molecule has 0 amide bonds. The van der Waals surface area contributed by atoms with Crippen LogP contribution in [0.1, 0.15) is 64.4 Å². The van der Waals surface area contributed by atoms with Crippen molar-refractivity contribution in [3.05, 3.63) is 29.8 Å². The molecular formula is C18H31NO. The molecule has 1 aromatic rings. The molecule has 0 bridgehead atoms. The van der Waals surface area contributed by atoms with Crippen LogP contribution in [0.3, 0.4) is 0 Å². The second kappa shape index (κ2) is 10.7. The van der Waals surface area contributed by atoms with Crippen LogP contribution in [0, 0.1) is 0 Å². The molecule has 2 heteroatoms. The van der Waals surface area contributed by atoms with Gasteiger partial charge in [0.15, 0.2) is 0 Å². The van der Waals surface area contributed by atoms with Gasteiger partial charge in [-0.15, -0.1) is 0 Å². The van der Waals surface area contributed by atoms with Gasteiger partial charge in [0.2, 0.25) is 0 Å². The third-order valence-corrected chi connectivity index (χ3v) is 3.71. The SMILES string of the molecule is CCCCCCCCOc1ccc(CC(N)CC)cc1. The lowest BCUT2D eigenvalue weighted by Gasteiger charge is -2.10. The molecular weight excluding hydrogens is 246 g/mol. The van der Waals surface area contributed by atoms with Crippen LogP contribution in [0.2, 0.25) is 0 Å². The Bertz CT molecular complexity index is 334. The van der Waals surface area contributed by atoms with Crippen molar-refractivity contribution in [3.63, 3.8) is 0 Å². The molecule has 2 nitrogen and oxygen atoms in total. The predicted molar refractivity (Wildman–Crippen MR) is 87.3 cm³/mol. The van der Waals surface area contributed by atoms with Gasteiger partial charge in [0.05, 0.1) is 6.61 Å². The van der Waals surface area contributed by atoms with Crippen LogP contribution in [0.4, 0.5) is 0 Å². The summed E-state index contributed by atoms with van der Waals surface area (Å²) in [5.41, 5.74) is 7.26. The highest BCUT2D eigenvalue weighted by molar-refractivity contribution is 5.27. The Kier molecular flexibility index (Phi) is 9.14. The molecule has 0 aliphatic rings. The first-order valence-corrected chi connectivity index (χ1v) is 8.23. The van der Waals surface area contributed by atoms with Crippen molar-refractivity contribution in [2.24, 2.45) is 5.73 Å². The van der Waals surface area contributed by atoms with Gasteiger partial charge in [-0.25, -0.2) is 0 Å². The fraction of sp³-hybridized carbons (Fsp3) is 0.667. The maximum Gasteiger partial charge on any atom is 0.119 e. The molecule has 0 fully saturated rings. The second-order valence-electron chi connectivity index (χ2n) is 5.63. The quantitative estimate of drug-likeness (QED) is 0.595. The van der Waals surface area contributed by atoms with Crippen molar-refractivity contribution >= 4 is 0 Å². The summed E-state index contributed by atoms with van der Waals surface area (Å²) in [6, 6.07) is 8.66. The average Bonchev–Trinajstić information content (AvgIpc) is 2.48. The first-order chi connectivity index (χ1) is 9.76. The van der Waals surface area contributed by atoms with Crippen molar-refractivity contribution < 1.29 is 4.74 Å². The van der Waals surface area contributed by atoms with Gasteiger partial charge < -0.3 is 10.5 Å². The highest BCUT2D eigenvalue weighted by atomic mass is 16.5. The molecule has 0 saturated carbocycles. The van der Waals surface area contributed by atoms with Gasteiger partial charge in [-0.05, 0) is 37.0 Å². The van der Waals surface area contributed by atoms with Crippen molar-refractivity contribution in [2.45, 2.75) is 71.3 Å². The van der Waals surface area contributed by atoms with E-state index >= 15 is 0 Å². The summed E-state index contributed by atoms with van der Waals surface area (Å²) in [5.74, 6) is 0.979. The van der Waals surface area contributed by atoms with Crippen LogP contribution in [0.5, 0.6) is 5.75 Å². The zero-order valence-corrected chi connectivity index (χ0v) is 13.2. The maximum absolute atomic E-state index is 5.96. The number of nitrogens with two attached hydrogens (primary N) is 1. The summed E-state index contributed by atoms with van der Waals surface area (Å²) in [6.07, 6.45) is 9.79. The Hall–Kier alpha value is -1.02. The third kappa shape index (κ3) is 7.54. The first kappa shape index (κ1) is 17.0. The Morgan fingerprint density at radius 2 is 1.60 bits per heavy atom. The van der Waals surface area contributed by atoms with Gasteiger partial charge in [-0.1, -0.05) is 58.1 Å². The number of rotatable bonds is 11. The normalized spacial score (nSPS) is 12.3. The summed E-state index contributed by atoms with van der Waals surface area (Å²) in [4.78, 5) is 0. The Balaban J connectivity index is 2.15. The Labute approximate surface area is 124 Å². The van der Waals surface area contributed by atoms with Crippen LogP contribution < -0.4 is 10.5 Å². The Morgan fingerprint density at radius 3 is 2.25 bits per heavy atom. The van der Waals surface area contributed by atoms with Gasteiger partial charge >= 0.3 is 0 Å². The molecule has 20 heavy (non-hydrogen) atoms. The minimum atomic E-state index is 0.268. The molecule has 1 unspecified atom stereocenters. The number of hydrogen-bond donors (Lipinski definition) is 1. The van der Waals surface area contributed by atoms with Gasteiger partial charge in [0, 0.05) is 6.04 Å². The molecule has 0 aliphatic carbocycles. The molecule has 2 N–H and O–H groups in total. The van der Waals surface area contributed by atoms with Crippen LogP contribution >= 0.6 is 0 Å². The van der Waals surface area contributed by atoms with E-state index in [-0.39, 0.29) is 6.04 Å². The topological polar surface area (TPSA) is 35.2 Å². The summed E-state index contributed by atoms with van der Waals surface area (Å²) >= 11 is 0. The summed E-state index contributed by atoms with van der Waals surface area (Å²) in [7, 11) is 0. The zero-order valence-electron chi connectivity index (χ0n) is 13.2. The van der Waals surface area contributed by atoms with Crippen LogP contribution in [-0.2, 0) is 6.42 Å². The number of unbranched alkanes of at least 4 members (excludes halogenated alkanes) is 5. The summed E-state index contributed by atoms with van der Waals surface area (Å²) in [5, 5.41) is 0. The molecule has 114 valence electrons. The highest BCUT2D eigenvalue weighted by Crippen LogP contribution is 2.14. The molecule has 0 spiro atoms. The molecule has 1 atom stereocenters. The van der Waals surface area contributed by atoms with Crippen molar-refractivity contribution in [1.29, 1.82) is 0 Å². The number of benzene rings is 1. The Morgan fingerprint density at radius 1 is 0.950 bits per heavy atom. The summed E-state index contributed by atoms with van der Waals surface area (Å²) < 4.78 is 5.77. The predicted octanol–water partition coefficient (Wildman–Crippen LogP) is 4.71. The molecule has 1 aromatic carbocycles. The van der Waals surface area contributed by atoms with Crippen molar-refractivity contribution in [1.82, 2.24) is 0 Å². The van der Waals surface area contributed by atoms with Crippen molar-refractivity contribution in [2.75, 3.05) is 6.61 Å². The fourth-order valence-electron chi connectivity index (χ4n) is 2.24. The summed E-state index contributed by atoms with van der Waals surface area (Å²) in [6.45, 7) is 5.21. The van der Waals surface area contributed by atoms with E-state index in [1.807, 2.05) is 0 Å². The standard InChI is InChI=1S/C18H31NO/c1-3-5-6-7-8-9-14-20-18-12-10-16(11-13-18)15-17(19)4-2/h10-13,17H,3-9,14-15,19H2,1-2H3. The third-order valence-electron chi connectivity index (χ3n) is 3.71. The van der Waals surface area contributed by atoms with E-state index in [0.29, 0.717) is 0 Å². The maximum atomic E-state index is 5.96. The number of ether oxygens (including phenoxy) is 1. The monoisotopic (exact) mass is 277 g/mol. The molecule has 0 radical (unpaired) electrons. The van der Waals surface area contributed by atoms with E-state index in [1.54, 1.807) is 0 Å². The average molecular weight is 277 g/mol. The lowest BCUT2D eigenvalue weighted by Crippen LogP contribution is -2.21. The van der Waals surface area contributed by atoms with Gasteiger partial charge in [0.25, 0.3) is 0 Å². The zero-order chi connectivity index (χ0) is 14.6. The van der Waals surface area contributed by atoms with Crippen molar-refractivity contribution in [3.8, 4) is 5.75 Å². The van der Waals surface area contributed by atoms with E-state index in [9.17, 15) is 0 Å². The molecule has 0 aliphatic heterocycles. The first-order valence-electron chi connectivity index (χ1n) is 8.23. The molecule has 1 rings (SSSR count). The van der Waals surface area contributed by atoms with Crippen LogP contribution in [-0.4, -0.2) is 12.6 Å². The van der Waals surface area contributed by atoms with E-state index in [0.717, 1.165) is 31.6 Å². The van der Waals surface area contributed by atoms with E-state index < -0.39 is 0 Å². The largest absolute Gasteiger partial charge is 0.494 e.